The van der Waals surface area contributed by atoms with Crippen molar-refractivity contribution in [2.24, 2.45) is 18.0 Å². The lowest BCUT2D eigenvalue weighted by molar-refractivity contribution is -0.384. The van der Waals surface area contributed by atoms with E-state index in [2.05, 4.69) is 4.99 Å². The molecule has 2 aromatic rings. The second-order valence-electron chi connectivity index (χ2n) is 5.57. The predicted molar refractivity (Wildman–Crippen MR) is 84.8 cm³/mol. The number of fused-ring (bicyclic) bond motifs is 1. The first-order valence-corrected chi connectivity index (χ1v) is 7.12. The number of rotatable bonds is 3. The van der Waals surface area contributed by atoms with Crippen molar-refractivity contribution in [1.29, 1.82) is 0 Å². The van der Waals surface area contributed by atoms with E-state index in [4.69, 9.17) is 0 Å². The molecule has 1 aliphatic heterocycles. The number of nitro groups is 1. The van der Waals surface area contributed by atoms with Crippen LogP contribution in [0.15, 0.2) is 40.1 Å². The Kier molecular flexibility index (Phi) is 3.55. The monoisotopic (exact) mass is 330 g/mol. The van der Waals surface area contributed by atoms with Crippen LogP contribution < -0.4 is 5.56 Å². The first kappa shape index (κ1) is 15.7. The highest BCUT2D eigenvalue weighted by atomic mass is 16.6. The number of hydrogen-bond donors (Lipinski definition) is 1. The minimum Gasteiger partial charge on any atom is -0.481 e. The van der Waals surface area contributed by atoms with Gasteiger partial charge in [0.05, 0.1) is 11.0 Å². The third kappa shape index (κ3) is 2.30. The summed E-state index contributed by atoms with van der Waals surface area (Å²) >= 11 is 0. The van der Waals surface area contributed by atoms with Gasteiger partial charge in [0.25, 0.3) is 11.2 Å². The smallest absolute Gasteiger partial charge is 0.314 e. The van der Waals surface area contributed by atoms with Crippen LogP contribution in [0.1, 0.15) is 18.5 Å². The largest absolute Gasteiger partial charge is 0.481 e. The molecule has 9 heteroatoms. The molecular weight excluding hydrogens is 316 g/mol. The highest BCUT2D eigenvalue weighted by molar-refractivity contribution is 6.03. The van der Waals surface area contributed by atoms with Gasteiger partial charge in [-0.25, -0.2) is 4.99 Å². The minimum atomic E-state index is -1.11. The van der Waals surface area contributed by atoms with Crippen LogP contribution in [0.25, 0.3) is 0 Å². The van der Waals surface area contributed by atoms with Gasteiger partial charge in [0, 0.05) is 31.0 Å². The molecule has 1 aromatic heterocycles. The lowest BCUT2D eigenvalue weighted by atomic mass is 9.88. The minimum absolute atomic E-state index is 0.143. The average Bonchev–Trinajstić information content (AvgIpc) is 2.80. The number of nitrogens with zero attached hydrogens (tertiary/aromatic N) is 4. The Bertz CT molecular complexity index is 940. The molecule has 0 fully saturated rings. The van der Waals surface area contributed by atoms with Crippen LogP contribution in [-0.2, 0) is 11.8 Å². The molecule has 0 spiro atoms. The van der Waals surface area contributed by atoms with Crippen molar-refractivity contribution in [2.75, 3.05) is 0 Å². The van der Waals surface area contributed by atoms with Crippen LogP contribution >= 0.6 is 0 Å². The summed E-state index contributed by atoms with van der Waals surface area (Å²) in [5.41, 5.74) is 0.293. The van der Waals surface area contributed by atoms with Gasteiger partial charge < -0.3 is 5.11 Å². The number of benzene rings is 1. The fourth-order valence-electron chi connectivity index (χ4n) is 3.03. The maximum absolute atomic E-state index is 12.0. The fraction of sp³-hybridized carbons (Fsp3) is 0.267. The number of carbonyl (C=O) groups is 1. The summed E-state index contributed by atoms with van der Waals surface area (Å²) in [5, 5.41) is 20.7. The molecule has 0 saturated heterocycles. The number of non-ortho nitro benzene ring substituents is 1. The predicted octanol–water partition coefficient (Wildman–Crippen LogP) is 1.49. The quantitative estimate of drug-likeness (QED) is 0.675. The second-order valence-corrected chi connectivity index (χ2v) is 5.57. The number of carboxylic acid groups (broad SMARTS) is 1. The molecule has 1 aliphatic rings. The van der Waals surface area contributed by atoms with Crippen molar-refractivity contribution in [2.45, 2.75) is 13.0 Å². The van der Waals surface area contributed by atoms with Crippen molar-refractivity contribution >= 4 is 23.2 Å². The van der Waals surface area contributed by atoms with Crippen LogP contribution in [0.5, 0.6) is 0 Å². The Morgan fingerprint density at radius 2 is 2.08 bits per heavy atom. The summed E-state index contributed by atoms with van der Waals surface area (Å²) in [6.07, 6.45) is 0. The van der Waals surface area contributed by atoms with E-state index in [9.17, 15) is 24.8 Å². The van der Waals surface area contributed by atoms with Gasteiger partial charge in [-0.05, 0) is 12.5 Å². The van der Waals surface area contributed by atoms with Crippen LogP contribution in [0.3, 0.4) is 0 Å². The summed E-state index contributed by atoms with van der Waals surface area (Å²) in [6.45, 7) is 1.57. The zero-order valence-corrected chi connectivity index (χ0v) is 12.9. The summed E-state index contributed by atoms with van der Waals surface area (Å²) < 4.78 is 2.73. The number of hydrogen-bond acceptors (Lipinski definition) is 5. The lowest BCUT2D eigenvalue weighted by Gasteiger charge is -2.31. The van der Waals surface area contributed by atoms with Gasteiger partial charge in [-0.3, -0.25) is 29.1 Å². The van der Waals surface area contributed by atoms with E-state index in [-0.39, 0.29) is 11.2 Å². The van der Waals surface area contributed by atoms with Gasteiger partial charge in [0.1, 0.15) is 5.92 Å². The molecular formula is C15H14N4O5. The number of aliphatic imine (C=N–C) groups is 1. The average molecular weight is 330 g/mol. The molecule has 24 heavy (non-hydrogen) atoms. The van der Waals surface area contributed by atoms with Crippen molar-refractivity contribution in [3.8, 4) is 0 Å². The SMILES string of the molecule is CC1=Nc2cc(=O)n(C)n2C(c2cccc([N+](=O)[O-])c2)C1C(=O)O. The van der Waals surface area contributed by atoms with E-state index in [1.807, 2.05) is 0 Å². The zero-order valence-electron chi connectivity index (χ0n) is 12.9. The van der Waals surface area contributed by atoms with Crippen molar-refractivity contribution in [3.63, 3.8) is 0 Å². The Morgan fingerprint density at radius 1 is 1.38 bits per heavy atom. The van der Waals surface area contributed by atoms with Crippen molar-refractivity contribution in [1.82, 2.24) is 9.36 Å². The third-order valence-corrected chi connectivity index (χ3v) is 4.14. The summed E-state index contributed by atoms with van der Waals surface area (Å²) in [7, 11) is 1.51. The van der Waals surface area contributed by atoms with Crippen molar-refractivity contribution in [3.05, 3.63) is 56.4 Å². The van der Waals surface area contributed by atoms with E-state index in [0.717, 1.165) is 0 Å². The molecule has 124 valence electrons. The van der Waals surface area contributed by atoms with E-state index in [1.165, 1.54) is 40.7 Å². The molecule has 0 amide bonds. The molecule has 1 aromatic carbocycles. The van der Waals surface area contributed by atoms with Gasteiger partial charge >= 0.3 is 5.97 Å². The van der Waals surface area contributed by atoms with Gasteiger partial charge in [-0.15, -0.1) is 0 Å². The summed E-state index contributed by atoms with van der Waals surface area (Å²) in [4.78, 5) is 38.4. The number of nitro benzene ring substituents is 1. The zero-order chi connectivity index (χ0) is 17.6. The molecule has 1 N–H and O–H groups in total. The molecule has 0 aliphatic carbocycles. The summed E-state index contributed by atoms with van der Waals surface area (Å²) in [5.74, 6) is -1.81. The summed E-state index contributed by atoms with van der Waals surface area (Å²) in [6, 6.07) is 6.27. The molecule has 0 radical (unpaired) electrons. The van der Waals surface area contributed by atoms with Crippen LogP contribution in [-0.4, -0.2) is 31.1 Å². The highest BCUT2D eigenvalue weighted by Crippen LogP contribution is 2.37. The van der Waals surface area contributed by atoms with Crippen LogP contribution in [0.2, 0.25) is 0 Å². The topological polar surface area (TPSA) is 120 Å². The lowest BCUT2D eigenvalue weighted by Crippen LogP contribution is -2.38. The molecule has 0 saturated carbocycles. The van der Waals surface area contributed by atoms with Crippen molar-refractivity contribution < 1.29 is 14.8 Å². The van der Waals surface area contributed by atoms with Gasteiger partial charge in [0.2, 0.25) is 0 Å². The standard InChI is InChI=1S/C15H14N4O5/c1-8-13(15(21)22)14(9-4-3-5-10(6-9)19(23)24)18-11(16-8)7-12(20)17(18)2/h3-7,13-14H,1-2H3,(H,21,22). The third-order valence-electron chi connectivity index (χ3n) is 4.14. The molecule has 2 atom stereocenters. The first-order valence-electron chi connectivity index (χ1n) is 7.12. The van der Waals surface area contributed by atoms with Crippen LogP contribution in [0, 0.1) is 16.0 Å². The first-order chi connectivity index (χ1) is 11.3. The molecule has 2 heterocycles. The molecule has 2 unspecified atom stereocenters. The van der Waals surface area contributed by atoms with E-state index in [1.54, 1.807) is 13.0 Å². The van der Waals surface area contributed by atoms with Crippen LogP contribution in [0.4, 0.5) is 11.5 Å². The van der Waals surface area contributed by atoms with Gasteiger partial charge in [-0.1, -0.05) is 12.1 Å². The Balaban J connectivity index is 2.28. The number of aromatic nitrogens is 2. The van der Waals surface area contributed by atoms with E-state index >= 15 is 0 Å². The Morgan fingerprint density at radius 3 is 2.71 bits per heavy atom. The number of aliphatic carboxylic acids is 1. The molecule has 9 nitrogen and oxygen atoms in total. The Hall–Kier alpha value is -3.23. The second kappa shape index (κ2) is 5.44. The maximum atomic E-state index is 12.0. The highest BCUT2D eigenvalue weighted by Gasteiger charge is 2.39. The Labute approximate surface area is 135 Å². The molecule has 3 rings (SSSR count). The fourth-order valence-corrected chi connectivity index (χ4v) is 3.03. The number of carboxylic acids is 1. The maximum Gasteiger partial charge on any atom is 0.314 e. The van der Waals surface area contributed by atoms with E-state index < -0.39 is 22.9 Å². The van der Waals surface area contributed by atoms with Gasteiger partial charge in [-0.2, -0.15) is 0 Å². The van der Waals surface area contributed by atoms with E-state index in [0.29, 0.717) is 17.1 Å². The molecule has 0 bridgehead atoms. The normalized spacial score (nSPS) is 19.5. The van der Waals surface area contributed by atoms with Gasteiger partial charge in [0.15, 0.2) is 5.82 Å².